The monoisotopic (exact) mass is 204 g/mol. The Hall–Kier alpha value is -2.22. The van der Waals surface area contributed by atoms with Gasteiger partial charge in [-0.1, -0.05) is 24.3 Å². The van der Waals surface area contributed by atoms with Gasteiger partial charge in [-0.25, -0.2) is 9.97 Å². The maximum atomic E-state index is 4.64. The summed E-state index contributed by atoms with van der Waals surface area (Å²) in [6.45, 7) is 0. The molecular formula is C14H8N2. The average molecular weight is 204 g/mol. The number of aromatic nitrogens is 2. The Balaban J connectivity index is 2.51. The Morgan fingerprint density at radius 3 is 1.12 bits per heavy atom. The molecule has 0 amide bonds. The van der Waals surface area contributed by atoms with Crippen LogP contribution in [0.2, 0.25) is 0 Å². The first kappa shape index (κ1) is 7.99. The number of hydrogen-bond acceptors (Lipinski definition) is 2. The van der Waals surface area contributed by atoms with Gasteiger partial charge in [-0.05, 0) is 24.3 Å². The molecule has 0 bridgehead atoms. The minimum Gasteiger partial charge on any atom is -0.248 e. The average Bonchev–Trinajstić information content (AvgIpc) is 2.65. The van der Waals surface area contributed by atoms with E-state index in [-0.39, 0.29) is 0 Å². The maximum Gasteiger partial charge on any atom is 0.0738 e. The van der Waals surface area contributed by atoms with Crippen molar-refractivity contribution in [3.63, 3.8) is 0 Å². The molecular weight excluding hydrogens is 196 g/mol. The minimum absolute atomic E-state index is 1.03. The molecule has 16 heavy (non-hydrogen) atoms. The molecule has 4 rings (SSSR count). The van der Waals surface area contributed by atoms with Crippen LogP contribution in [0.1, 0.15) is 0 Å². The molecule has 0 saturated carbocycles. The highest BCUT2D eigenvalue weighted by atomic mass is 14.8. The van der Waals surface area contributed by atoms with Gasteiger partial charge < -0.3 is 0 Å². The fourth-order valence-electron chi connectivity index (χ4n) is 2.33. The molecule has 0 unspecified atom stereocenters. The Labute approximate surface area is 91.9 Å². The third-order valence-corrected chi connectivity index (χ3v) is 2.99. The molecule has 0 aliphatic heterocycles. The van der Waals surface area contributed by atoms with Gasteiger partial charge in [-0.2, -0.15) is 0 Å². The number of rotatable bonds is 0. The molecule has 0 atom stereocenters. The highest BCUT2D eigenvalue weighted by molar-refractivity contribution is 6.22. The minimum atomic E-state index is 1.03. The predicted molar refractivity (Wildman–Crippen MR) is 65.7 cm³/mol. The van der Waals surface area contributed by atoms with Gasteiger partial charge in [-0.3, -0.25) is 0 Å². The predicted octanol–water partition coefficient (Wildman–Crippen LogP) is 3.37. The van der Waals surface area contributed by atoms with E-state index in [1.807, 2.05) is 48.5 Å². The second-order valence-electron chi connectivity index (χ2n) is 3.95. The van der Waals surface area contributed by atoms with E-state index in [0.29, 0.717) is 0 Å². The molecule has 2 heterocycles. The zero-order valence-electron chi connectivity index (χ0n) is 8.51. The van der Waals surface area contributed by atoms with Gasteiger partial charge in [0.25, 0.3) is 0 Å². The smallest absolute Gasteiger partial charge is 0.0738 e. The van der Waals surface area contributed by atoms with Gasteiger partial charge in [0.1, 0.15) is 0 Å². The van der Waals surface area contributed by atoms with E-state index < -0.39 is 0 Å². The summed E-state index contributed by atoms with van der Waals surface area (Å²) >= 11 is 0. The SMILES string of the molecule is c1ccc2nc3ccccc4nc(c1)c2c43. The summed E-state index contributed by atoms with van der Waals surface area (Å²) in [4.78, 5) is 9.27. The lowest BCUT2D eigenvalue weighted by Crippen LogP contribution is -1.64. The van der Waals surface area contributed by atoms with Crippen LogP contribution in [0.5, 0.6) is 0 Å². The van der Waals surface area contributed by atoms with Crippen molar-refractivity contribution in [3.05, 3.63) is 48.5 Å². The molecule has 2 aromatic heterocycles. The fraction of sp³-hybridized carbons (Fsp3) is 0. The van der Waals surface area contributed by atoms with Crippen molar-refractivity contribution in [2.24, 2.45) is 0 Å². The van der Waals surface area contributed by atoms with E-state index in [0.717, 1.165) is 22.1 Å². The summed E-state index contributed by atoms with van der Waals surface area (Å²) in [6.07, 6.45) is 0. The van der Waals surface area contributed by atoms with Gasteiger partial charge in [0.05, 0.1) is 22.1 Å². The summed E-state index contributed by atoms with van der Waals surface area (Å²) in [5.41, 5.74) is 4.12. The van der Waals surface area contributed by atoms with Crippen LogP contribution in [-0.2, 0) is 0 Å². The van der Waals surface area contributed by atoms with Crippen molar-refractivity contribution in [3.8, 4) is 0 Å². The van der Waals surface area contributed by atoms with Crippen LogP contribution in [-0.4, -0.2) is 9.97 Å². The van der Waals surface area contributed by atoms with Gasteiger partial charge in [-0.15, -0.1) is 0 Å². The van der Waals surface area contributed by atoms with Gasteiger partial charge >= 0.3 is 0 Å². The lowest BCUT2D eigenvalue weighted by Gasteiger charge is -1.77. The molecule has 0 radical (unpaired) electrons. The molecule has 0 fully saturated rings. The quantitative estimate of drug-likeness (QED) is 0.439. The number of hydrogen-bond donors (Lipinski definition) is 0. The van der Waals surface area contributed by atoms with Crippen LogP contribution in [0, 0.1) is 0 Å². The zero-order valence-corrected chi connectivity index (χ0v) is 8.51. The van der Waals surface area contributed by atoms with Gasteiger partial charge in [0, 0.05) is 10.8 Å². The Bertz CT molecular complexity index is 675. The van der Waals surface area contributed by atoms with Crippen LogP contribution < -0.4 is 0 Å². The van der Waals surface area contributed by atoms with Crippen molar-refractivity contribution in [1.29, 1.82) is 0 Å². The Kier molecular flexibility index (Phi) is 1.33. The molecule has 2 aromatic carbocycles. The van der Waals surface area contributed by atoms with Crippen molar-refractivity contribution in [2.45, 2.75) is 0 Å². The van der Waals surface area contributed by atoms with Crippen LogP contribution >= 0.6 is 0 Å². The summed E-state index contributed by atoms with van der Waals surface area (Å²) in [5.74, 6) is 0. The molecule has 0 saturated heterocycles. The summed E-state index contributed by atoms with van der Waals surface area (Å²) in [6, 6.07) is 16.2. The zero-order chi connectivity index (χ0) is 10.5. The third-order valence-electron chi connectivity index (χ3n) is 2.99. The molecule has 0 aliphatic rings. The van der Waals surface area contributed by atoms with E-state index in [1.165, 1.54) is 10.8 Å². The molecule has 2 nitrogen and oxygen atoms in total. The van der Waals surface area contributed by atoms with E-state index in [9.17, 15) is 0 Å². The topological polar surface area (TPSA) is 25.8 Å². The summed E-state index contributed by atoms with van der Waals surface area (Å²) in [5, 5.41) is 2.37. The second kappa shape index (κ2) is 2.67. The highest BCUT2D eigenvalue weighted by Crippen LogP contribution is 2.32. The lowest BCUT2D eigenvalue weighted by molar-refractivity contribution is 1.54. The molecule has 0 N–H and O–H groups in total. The van der Waals surface area contributed by atoms with Crippen LogP contribution in [0.3, 0.4) is 0 Å². The summed E-state index contributed by atoms with van der Waals surface area (Å²) in [7, 11) is 0. The molecule has 2 heteroatoms. The first-order chi connectivity index (χ1) is 7.93. The van der Waals surface area contributed by atoms with Crippen molar-refractivity contribution < 1.29 is 0 Å². The summed E-state index contributed by atoms with van der Waals surface area (Å²) < 4.78 is 0. The third kappa shape index (κ3) is 0.865. The highest BCUT2D eigenvalue weighted by Gasteiger charge is 2.12. The fourth-order valence-corrected chi connectivity index (χ4v) is 2.33. The maximum absolute atomic E-state index is 4.64. The second-order valence-corrected chi connectivity index (χ2v) is 3.95. The first-order valence-electron chi connectivity index (χ1n) is 5.30. The van der Waals surface area contributed by atoms with E-state index >= 15 is 0 Å². The van der Waals surface area contributed by atoms with E-state index in [4.69, 9.17) is 0 Å². The van der Waals surface area contributed by atoms with Crippen LogP contribution in [0.25, 0.3) is 32.8 Å². The normalized spacial score (nSPS) is 11.8. The first-order valence-corrected chi connectivity index (χ1v) is 5.30. The molecule has 74 valence electrons. The molecule has 0 aliphatic carbocycles. The standard InChI is InChI=1S/C14H8N2/c1-2-6-10-13-9(5-1)15-11-7-3-4-8-12(16-10)14(11)13/h1-8H. The number of nitrogens with zero attached hydrogens (tertiary/aromatic N) is 2. The molecule has 0 spiro atoms. The van der Waals surface area contributed by atoms with E-state index in [1.54, 1.807) is 0 Å². The Morgan fingerprint density at radius 2 is 0.812 bits per heavy atom. The van der Waals surface area contributed by atoms with Crippen molar-refractivity contribution in [1.82, 2.24) is 9.97 Å². The van der Waals surface area contributed by atoms with Crippen LogP contribution in [0.4, 0.5) is 0 Å². The van der Waals surface area contributed by atoms with Crippen molar-refractivity contribution >= 4 is 32.8 Å². The van der Waals surface area contributed by atoms with E-state index in [2.05, 4.69) is 9.97 Å². The Morgan fingerprint density at radius 1 is 0.500 bits per heavy atom. The lowest BCUT2D eigenvalue weighted by atomic mass is 10.2. The van der Waals surface area contributed by atoms with Crippen LogP contribution in [0.15, 0.2) is 48.5 Å². The van der Waals surface area contributed by atoms with Gasteiger partial charge in [0.2, 0.25) is 0 Å². The van der Waals surface area contributed by atoms with Crippen molar-refractivity contribution in [2.75, 3.05) is 0 Å². The van der Waals surface area contributed by atoms with Gasteiger partial charge in [0.15, 0.2) is 0 Å². The molecule has 4 aromatic rings. The largest absolute Gasteiger partial charge is 0.248 e.